The average molecular weight is 458 g/mol. The van der Waals surface area contributed by atoms with Gasteiger partial charge >= 0.3 is 0 Å². The van der Waals surface area contributed by atoms with Crippen molar-refractivity contribution in [1.29, 1.82) is 0 Å². The molecule has 3 aromatic carbocycles. The fourth-order valence-corrected chi connectivity index (χ4v) is 6.68. The molecular weight excluding hydrogens is 438 g/mol. The fourth-order valence-electron chi connectivity index (χ4n) is 6.42. The first kappa shape index (κ1) is 18.1. The zero-order valence-electron chi connectivity index (χ0n) is 16.7. The van der Waals surface area contributed by atoms with Gasteiger partial charge < -0.3 is 0 Å². The summed E-state index contributed by atoms with van der Waals surface area (Å²) in [5, 5.41) is 0. The van der Waals surface area contributed by atoms with Crippen LogP contribution in [0.4, 0.5) is 5.69 Å². The van der Waals surface area contributed by atoms with Gasteiger partial charge in [0.05, 0.1) is 17.5 Å². The van der Waals surface area contributed by atoms with E-state index >= 15 is 0 Å². The van der Waals surface area contributed by atoms with Gasteiger partial charge in [-0.25, -0.2) is 4.90 Å². The molecule has 148 valence electrons. The number of rotatable bonds is 1. The van der Waals surface area contributed by atoms with Crippen LogP contribution in [0, 0.1) is 11.8 Å². The van der Waals surface area contributed by atoms with Gasteiger partial charge in [-0.3, -0.25) is 9.59 Å². The zero-order chi connectivity index (χ0) is 20.8. The van der Waals surface area contributed by atoms with Gasteiger partial charge in [0, 0.05) is 15.3 Å². The Morgan fingerprint density at radius 2 is 1.03 bits per heavy atom. The molecule has 0 aromatic heterocycles. The predicted molar refractivity (Wildman–Crippen MR) is 119 cm³/mol. The number of hydrogen-bond acceptors (Lipinski definition) is 2. The summed E-state index contributed by atoms with van der Waals surface area (Å²) in [7, 11) is 0. The highest BCUT2D eigenvalue weighted by Gasteiger charge is 2.70. The van der Waals surface area contributed by atoms with E-state index in [1.165, 1.54) is 27.2 Å². The Hall–Kier alpha value is -2.72. The first-order chi connectivity index (χ1) is 14.4. The summed E-state index contributed by atoms with van der Waals surface area (Å²) in [6, 6.07) is 24.1. The Balaban J connectivity index is 1.66. The van der Waals surface area contributed by atoms with Crippen molar-refractivity contribution in [2.45, 2.75) is 24.7 Å². The molecule has 3 nitrogen and oxygen atoms in total. The van der Waals surface area contributed by atoms with Crippen molar-refractivity contribution < 1.29 is 9.59 Å². The predicted octanol–water partition coefficient (Wildman–Crippen LogP) is 5.19. The average Bonchev–Trinajstić information content (AvgIpc) is 3.04. The molecule has 3 aromatic rings. The molecule has 0 N–H and O–H groups in total. The van der Waals surface area contributed by atoms with Crippen molar-refractivity contribution >= 4 is 33.4 Å². The Bertz CT molecular complexity index is 1120. The van der Waals surface area contributed by atoms with Gasteiger partial charge in [-0.2, -0.15) is 0 Å². The van der Waals surface area contributed by atoms with Crippen LogP contribution in [-0.4, -0.2) is 11.8 Å². The summed E-state index contributed by atoms with van der Waals surface area (Å²) in [4.78, 5) is 29.2. The number of amides is 2. The molecule has 0 saturated carbocycles. The lowest BCUT2D eigenvalue weighted by Crippen LogP contribution is -2.59. The SMILES string of the molecule is CC12c3ccccc3C(C)(c3ccccc31)[C@@H]1C(=O)N(c3ccc(Br)cc3)C(=O)[C@H]12. The topological polar surface area (TPSA) is 37.4 Å². The molecule has 0 unspecified atom stereocenters. The highest BCUT2D eigenvalue weighted by molar-refractivity contribution is 9.10. The number of hydrogen-bond donors (Lipinski definition) is 0. The smallest absolute Gasteiger partial charge is 0.238 e. The first-order valence-corrected chi connectivity index (χ1v) is 11.0. The molecular formula is C26H20BrNO2. The van der Waals surface area contributed by atoms with E-state index < -0.39 is 22.7 Å². The van der Waals surface area contributed by atoms with Crippen LogP contribution in [0.1, 0.15) is 36.1 Å². The van der Waals surface area contributed by atoms with E-state index in [9.17, 15) is 9.59 Å². The third-order valence-corrected chi connectivity index (χ3v) is 8.26. The Morgan fingerprint density at radius 1 is 0.667 bits per heavy atom. The van der Waals surface area contributed by atoms with Gasteiger partial charge in [-0.15, -0.1) is 0 Å². The van der Waals surface area contributed by atoms with Crippen molar-refractivity contribution in [3.05, 3.63) is 99.5 Å². The number of nitrogens with zero attached hydrogens (tertiary/aromatic N) is 1. The summed E-state index contributed by atoms with van der Waals surface area (Å²) < 4.78 is 0.918. The van der Waals surface area contributed by atoms with E-state index in [0.29, 0.717) is 5.69 Å². The van der Waals surface area contributed by atoms with Crippen LogP contribution < -0.4 is 4.90 Å². The summed E-state index contributed by atoms with van der Waals surface area (Å²) in [5.41, 5.74) is 4.26. The highest BCUT2D eigenvalue weighted by atomic mass is 79.9. The molecule has 0 spiro atoms. The normalized spacial score (nSPS) is 30.8. The maximum Gasteiger partial charge on any atom is 0.238 e. The van der Waals surface area contributed by atoms with E-state index in [1.54, 1.807) is 0 Å². The number of carbonyl (C=O) groups is 2. The molecule has 7 rings (SSSR count). The number of anilines is 1. The fraction of sp³-hybridized carbons (Fsp3) is 0.231. The summed E-state index contributed by atoms with van der Waals surface area (Å²) in [6.07, 6.45) is 0. The molecule has 2 atom stereocenters. The maximum atomic E-state index is 13.9. The van der Waals surface area contributed by atoms with E-state index in [4.69, 9.17) is 0 Å². The van der Waals surface area contributed by atoms with Crippen LogP contribution in [0.5, 0.6) is 0 Å². The third-order valence-electron chi connectivity index (χ3n) is 7.73. The minimum absolute atomic E-state index is 0.0925. The standard InChI is InChI=1S/C26H20BrNO2/c1-25-17-7-3-5-9-19(17)26(2,20-10-6-4-8-18(20)25)22-21(25)23(29)28(24(22)30)16-13-11-15(27)12-14-16/h3-14,21-22H,1-2H3/t21-,22-,25?,26?/m0/s1. The quantitative estimate of drug-likeness (QED) is 0.471. The number of carbonyl (C=O) groups excluding carboxylic acids is 2. The zero-order valence-corrected chi connectivity index (χ0v) is 18.3. The number of halogens is 1. The van der Waals surface area contributed by atoms with Gasteiger partial charge in [0.1, 0.15) is 0 Å². The first-order valence-electron chi connectivity index (χ1n) is 10.2. The minimum atomic E-state index is -0.535. The molecule has 1 fully saturated rings. The van der Waals surface area contributed by atoms with E-state index in [2.05, 4.69) is 54.0 Å². The highest BCUT2D eigenvalue weighted by Crippen LogP contribution is 2.66. The lowest BCUT2D eigenvalue weighted by atomic mass is 9.42. The second-order valence-corrected chi connectivity index (χ2v) is 9.86. The van der Waals surface area contributed by atoms with Crippen LogP contribution in [0.3, 0.4) is 0 Å². The Labute approximate surface area is 183 Å². The van der Waals surface area contributed by atoms with E-state index in [1.807, 2.05) is 48.5 Å². The molecule has 2 bridgehead atoms. The molecule has 0 radical (unpaired) electrons. The van der Waals surface area contributed by atoms with Crippen LogP contribution >= 0.6 is 15.9 Å². The van der Waals surface area contributed by atoms with E-state index in [0.717, 1.165) is 4.47 Å². The van der Waals surface area contributed by atoms with Crippen molar-refractivity contribution in [2.75, 3.05) is 4.90 Å². The van der Waals surface area contributed by atoms with Crippen molar-refractivity contribution in [3.8, 4) is 0 Å². The largest absolute Gasteiger partial charge is 0.274 e. The molecule has 2 amide bonds. The molecule has 4 aliphatic rings. The van der Waals surface area contributed by atoms with Crippen LogP contribution in [-0.2, 0) is 20.4 Å². The molecule has 1 heterocycles. The minimum Gasteiger partial charge on any atom is -0.274 e. The third kappa shape index (κ3) is 1.87. The van der Waals surface area contributed by atoms with Crippen LogP contribution in [0.25, 0.3) is 0 Å². The van der Waals surface area contributed by atoms with Gasteiger partial charge in [0.25, 0.3) is 0 Å². The second-order valence-electron chi connectivity index (χ2n) is 8.94. The van der Waals surface area contributed by atoms with Gasteiger partial charge in [-0.05, 0) is 46.5 Å². The Morgan fingerprint density at radius 3 is 1.40 bits per heavy atom. The Kier molecular flexibility index (Phi) is 3.44. The van der Waals surface area contributed by atoms with Crippen LogP contribution in [0.2, 0.25) is 0 Å². The monoisotopic (exact) mass is 457 g/mol. The van der Waals surface area contributed by atoms with Gasteiger partial charge in [-0.1, -0.05) is 78.3 Å². The molecule has 3 aliphatic carbocycles. The second kappa shape index (κ2) is 5.70. The van der Waals surface area contributed by atoms with Crippen LogP contribution in [0.15, 0.2) is 77.3 Å². The summed E-state index contributed by atoms with van der Waals surface area (Å²) in [6.45, 7) is 4.30. The summed E-state index contributed by atoms with van der Waals surface area (Å²) >= 11 is 3.44. The van der Waals surface area contributed by atoms with Gasteiger partial charge in [0.2, 0.25) is 11.8 Å². The van der Waals surface area contributed by atoms with Crippen molar-refractivity contribution in [1.82, 2.24) is 0 Å². The van der Waals surface area contributed by atoms with Crippen molar-refractivity contribution in [2.24, 2.45) is 11.8 Å². The molecule has 4 heteroatoms. The van der Waals surface area contributed by atoms with Gasteiger partial charge in [0.15, 0.2) is 0 Å². The lowest BCUT2D eigenvalue weighted by molar-refractivity contribution is -0.124. The lowest BCUT2D eigenvalue weighted by Gasteiger charge is -2.57. The molecule has 1 aliphatic heterocycles. The van der Waals surface area contributed by atoms with E-state index in [-0.39, 0.29) is 11.8 Å². The maximum absolute atomic E-state index is 13.9. The molecule has 1 saturated heterocycles. The van der Waals surface area contributed by atoms with Crippen molar-refractivity contribution in [3.63, 3.8) is 0 Å². The summed E-state index contributed by atoms with van der Waals surface area (Å²) in [5.74, 6) is -1.01. The number of benzene rings is 3. The molecule has 30 heavy (non-hydrogen) atoms. The number of imide groups is 1.